The number of halogens is 3. The van der Waals surface area contributed by atoms with Crippen molar-refractivity contribution in [2.24, 2.45) is 0 Å². The van der Waals surface area contributed by atoms with Gasteiger partial charge in [0, 0.05) is 17.6 Å². The molecule has 0 radical (unpaired) electrons. The molecule has 0 aliphatic carbocycles. The number of unbranched alkanes of at least 4 members (excludes halogenated alkanes) is 4. The summed E-state index contributed by atoms with van der Waals surface area (Å²) in [6.45, 7) is 4.30. The Labute approximate surface area is 200 Å². The smallest absolute Gasteiger partial charge is 0.339 e. The first-order valence-electron chi connectivity index (χ1n) is 12.1. The van der Waals surface area contributed by atoms with Gasteiger partial charge in [-0.3, -0.25) is 0 Å². The summed E-state index contributed by atoms with van der Waals surface area (Å²) in [5, 5.41) is 5.96. The van der Waals surface area contributed by atoms with E-state index in [2.05, 4.69) is 34.4 Å². The zero-order chi connectivity index (χ0) is 24.4. The molecule has 0 fully saturated rings. The minimum absolute atomic E-state index is 0.109. The molecule has 2 N–H and O–H groups in total. The van der Waals surface area contributed by atoms with Crippen LogP contribution >= 0.6 is 0 Å². The largest absolute Gasteiger partial charge is 0.421 e. The molecule has 0 spiro atoms. The molecule has 0 aliphatic heterocycles. The van der Waals surface area contributed by atoms with Gasteiger partial charge in [0.2, 0.25) is 5.95 Å². The Morgan fingerprint density at radius 3 is 2.24 bits per heavy atom. The lowest BCUT2D eigenvalue weighted by atomic mass is 10.0. The predicted molar refractivity (Wildman–Crippen MR) is 133 cm³/mol. The van der Waals surface area contributed by atoms with Crippen molar-refractivity contribution in [2.75, 3.05) is 10.6 Å². The van der Waals surface area contributed by atoms with E-state index in [1.165, 1.54) is 5.56 Å². The molecule has 3 aromatic rings. The predicted octanol–water partition coefficient (Wildman–Crippen LogP) is 8.45. The number of anilines is 4. The molecule has 1 aromatic heterocycles. The van der Waals surface area contributed by atoms with E-state index in [1.54, 1.807) is 6.07 Å². The zero-order valence-corrected chi connectivity index (χ0v) is 19.9. The van der Waals surface area contributed by atoms with E-state index in [9.17, 15) is 13.2 Å². The van der Waals surface area contributed by atoms with Crippen LogP contribution in [0.25, 0.3) is 0 Å². The van der Waals surface area contributed by atoms with Gasteiger partial charge in [-0.1, -0.05) is 69.9 Å². The first kappa shape index (κ1) is 25.5. The van der Waals surface area contributed by atoms with Gasteiger partial charge in [0.15, 0.2) is 0 Å². The summed E-state index contributed by atoms with van der Waals surface area (Å²) in [5.41, 5.74) is 2.66. The molecule has 7 heteroatoms. The lowest BCUT2D eigenvalue weighted by molar-refractivity contribution is -0.137. The van der Waals surface area contributed by atoms with Crippen LogP contribution in [0.5, 0.6) is 0 Å². The number of hydrogen-bond donors (Lipinski definition) is 2. The van der Waals surface area contributed by atoms with Gasteiger partial charge in [-0.05, 0) is 55.0 Å². The first-order valence-corrected chi connectivity index (χ1v) is 12.1. The summed E-state index contributed by atoms with van der Waals surface area (Å²) >= 11 is 0. The Bertz CT molecular complexity index is 1030. The van der Waals surface area contributed by atoms with Crippen LogP contribution in [-0.4, -0.2) is 9.97 Å². The highest BCUT2D eigenvalue weighted by Gasteiger charge is 2.35. The Balaban J connectivity index is 1.82. The fourth-order valence-electron chi connectivity index (χ4n) is 3.74. The molecule has 0 amide bonds. The highest BCUT2D eigenvalue weighted by atomic mass is 19.4. The summed E-state index contributed by atoms with van der Waals surface area (Å²) < 4.78 is 41.1. The average Bonchev–Trinajstić information content (AvgIpc) is 2.82. The number of nitrogens with zero attached hydrogens (tertiary/aromatic N) is 2. The third-order valence-corrected chi connectivity index (χ3v) is 5.69. The van der Waals surface area contributed by atoms with Crippen LogP contribution < -0.4 is 10.6 Å². The molecular formula is C27H33F3N4. The molecule has 182 valence electrons. The molecule has 0 saturated carbocycles. The quantitative estimate of drug-likeness (QED) is 0.261. The van der Waals surface area contributed by atoms with Gasteiger partial charge in [-0.15, -0.1) is 0 Å². The van der Waals surface area contributed by atoms with E-state index in [0.29, 0.717) is 5.69 Å². The van der Waals surface area contributed by atoms with Crippen LogP contribution in [0, 0.1) is 0 Å². The molecule has 0 aliphatic rings. The zero-order valence-electron chi connectivity index (χ0n) is 19.9. The van der Waals surface area contributed by atoms with Gasteiger partial charge in [0.25, 0.3) is 0 Å². The van der Waals surface area contributed by atoms with Crippen molar-refractivity contribution in [3.05, 3.63) is 71.4 Å². The Morgan fingerprint density at radius 2 is 1.53 bits per heavy atom. The summed E-state index contributed by atoms with van der Waals surface area (Å²) in [6.07, 6.45) is 4.66. The minimum atomic E-state index is -4.57. The minimum Gasteiger partial charge on any atom is -0.339 e. The van der Waals surface area contributed by atoms with Gasteiger partial charge in [0.1, 0.15) is 11.4 Å². The number of aryl methyl sites for hydroxylation is 2. The highest BCUT2D eigenvalue weighted by Crippen LogP contribution is 2.36. The summed E-state index contributed by atoms with van der Waals surface area (Å²) in [7, 11) is 0. The van der Waals surface area contributed by atoms with E-state index in [4.69, 9.17) is 0 Å². The van der Waals surface area contributed by atoms with Crippen molar-refractivity contribution in [2.45, 2.75) is 71.4 Å². The molecule has 34 heavy (non-hydrogen) atoms. The van der Waals surface area contributed by atoms with Gasteiger partial charge in [-0.25, -0.2) is 4.98 Å². The maximum absolute atomic E-state index is 13.7. The van der Waals surface area contributed by atoms with E-state index in [0.717, 1.165) is 68.8 Å². The summed E-state index contributed by atoms with van der Waals surface area (Å²) in [4.78, 5) is 8.12. The molecule has 4 nitrogen and oxygen atoms in total. The van der Waals surface area contributed by atoms with Gasteiger partial charge < -0.3 is 10.6 Å². The third-order valence-electron chi connectivity index (χ3n) is 5.69. The van der Waals surface area contributed by atoms with Crippen molar-refractivity contribution in [3.8, 4) is 0 Å². The van der Waals surface area contributed by atoms with Crippen molar-refractivity contribution >= 4 is 23.1 Å². The number of rotatable bonds is 12. The van der Waals surface area contributed by atoms with Crippen LogP contribution in [-0.2, 0) is 19.0 Å². The second kappa shape index (κ2) is 12.4. The number of para-hydroxylation sites is 1. The third kappa shape index (κ3) is 7.47. The first-order chi connectivity index (χ1) is 16.4. The second-order valence-corrected chi connectivity index (χ2v) is 8.47. The Hall–Kier alpha value is -3.09. The Morgan fingerprint density at radius 1 is 0.794 bits per heavy atom. The van der Waals surface area contributed by atoms with Crippen LogP contribution in [0.15, 0.2) is 54.7 Å². The number of aromatic nitrogens is 2. The normalized spacial score (nSPS) is 11.4. The fraction of sp³-hybridized carbons (Fsp3) is 0.407. The monoisotopic (exact) mass is 470 g/mol. The van der Waals surface area contributed by atoms with Gasteiger partial charge in [-0.2, -0.15) is 18.2 Å². The molecule has 0 unspecified atom stereocenters. The number of benzene rings is 2. The summed E-state index contributed by atoms with van der Waals surface area (Å²) in [6, 6.07) is 15.3. The Kier molecular flexibility index (Phi) is 9.31. The van der Waals surface area contributed by atoms with Gasteiger partial charge >= 0.3 is 6.18 Å². The van der Waals surface area contributed by atoms with E-state index in [1.807, 2.05) is 42.5 Å². The molecule has 1 heterocycles. The van der Waals surface area contributed by atoms with Crippen LogP contribution in [0.1, 0.15) is 69.1 Å². The highest BCUT2D eigenvalue weighted by molar-refractivity contribution is 5.65. The molecule has 3 rings (SSSR count). The standard InChI is InChI=1S/C27H33F3N4/c1-3-5-7-8-12-21-13-9-10-14-24(21)33-25-23(27(28,29)30)19-31-26(34-25)32-22-17-15-20(16-18-22)11-6-4-2/h9-10,13-19H,3-8,11-12H2,1-2H3,(H2,31,32,33,34). The SMILES string of the molecule is CCCCCCc1ccccc1Nc1nc(Nc2ccc(CCCC)cc2)ncc1C(F)(F)F. The molecule has 0 bridgehead atoms. The van der Waals surface area contributed by atoms with Crippen molar-refractivity contribution in [1.82, 2.24) is 9.97 Å². The lowest BCUT2D eigenvalue weighted by Crippen LogP contribution is -2.13. The lowest BCUT2D eigenvalue weighted by Gasteiger charge is -2.17. The number of nitrogens with one attached hydrogen (secondary N) is 2. The second-order valence-electron chi connectivity index (χ2n) is 8.47. The number of alkyl halides is 3. The fourth-order valence-corrected chi connectivity index (χ4v) is 3.74. The molecule has 0 saturated heterocycles. The van der Waals surface area contributed by atoms with Crippen molar-refractivity contribution in [1.29, 1.82) is 0 Å². The molecule has 2 aromatic carbocycles. The maximum atomic E-state index is 13.7. The average molecular weight is 471 g/mol. The van der Waals surface area contributed by atoms with Crippen LogP contribution in [0.2, 0.25) is 0 Å². The van der Waals surface area contributed by atoms with E-state index >= 15 is 0 Å². The van der Waals surface area contributed by atoms with Crippen molar-refractivity contribution in [3.63, 3.8) is 0 Å². The van der Waals surface area contributed by atoms with Crippen LogP contribution in [0.3, 0.4) is 0 Å². The van der Waals surface area contributed by atoms with Crippen LogP contribution in [0.4, 0.5) is 36.3 Å². The maximum Gasteiger partial charge on any atom is 0.421 e. The summed E-state index contributed by atoms with van der Waals surface area (Å²) in [5.74, 6) is -0.150. The number of hydrogen-bond acceptors (Lipinski definition) is 4. The topological polar surface area (TPSA) is 49.8 Å². The van der Waals surface area contributed by atoms with Crippen molar-refractivity contribution < 1.29 is 13.2 Å². The van der Waals surface area contributed by atoms with E-state index in [-0.39, 0.29) is 11.8 Å². The molecular weight excluding hydrogens is 437 g/mol. The van der Waals surface area contributed by atoms with E-state index < -0.39 is 11.7 Å². The molecule has 0 atom stereocenters. The van der Waals surface area contributed by atoms with Gasteiger partial charge in [0.05, 0.1) is 0 Å².